The van der Waals surface area contributed by atoms with Crippen LogP contribution in [-0.4, -0.2) is 33.9 Å². The van der Waals surface area contributed by atoms with Crippen LogP contribution in [0.4, 0.5) is 8.78 Å². The third-order valence-corrected chi connectivity index (χ3v) is 3.52. The Morgan fingerprint density at radius 1 is 0.880 bits per heavy atom. The van der Waals surface area contributed by atoms with Crippen molar-refractivity contribution in [2.24, 2.45) is 0 Å². The van der Waals surface area contributed by atoms with E-state index in [1.807, 2.05) is 0 Å². The van der Waals surface area contributed by atoms with Gasteiger partial charge in [-0.25, -0.2) is 13.6 Å². The van der Waals surface area contributed by atoms with Crippen LogP contribution in [0, 0.1) is 11.6 Å². The Kier molecular flexibility index (Phi) is 5.80. The molecule has 0 atom stereocenters. The van der Waals surface area contributed by atoms with Crippen LogP contribution in [0.2, 0.25) is 0 Å². The Bertz CT molecular complexity index is 741. The molecule has 2 rings (SSSR count). The molecule has 0 unspecified atom stereocenters. The van der Waals surface area contributed by atoms with E-state index in [0.29, 0.717) is 5.75 Å². The second-order valence-electron chi connectivity index (χ2n) is 4.94. The number of rotatable bonds is 6. The Balaban J connectivity index is 2.68. The van der Waals surface area contributed by atoms with Crippen molar-refractivity contribution in [2.75, 3.05) is 27.9 Å². The fraction of sp³-hybridized carbons (Fsp3) is 0.278. The van der Waals surface area contributed by atoms with E-state index in [0.717, 1.165) is 12.1 Å². The average Bonchev–Trinajstić information content (AvgIpc) is 2.60. The number of hydrogen-bond acceptors (Lipinski definition) is 5. The molecule has 0 radical (unpaired) electrons. The first-order valence-corrected chi connectivity index (χ1v) is 7.43. The number of halogens is 2. The molecule has 5 nitrogen and oxygen atoms in total. The summed E-state index contributed by atoms with van der Waals surface area (Å²) in [5.74, 6) is -1.95. The van der Waals surface area contributed by atoms with Gasteiger partial charge in [0.25, 0.3) is 0 Å². The molecule has 0 spiro atoms. The molecule has 2 aromatic carbocycles. The highest BCUT2D eigenvalue weighted by Crippen LogP contribution is 2.44. The van der Waals surface area contributed by atoms with Gasteiger partial charge in [-0.05, 0) is 19.1 Å². The average molecular weight is 352 g/mol. The first-order chi connectivity index (χ1) is 12.0. The summed E-state index contributed by atoms with van der Waals surface area (Å²) in [6, 6.07) is 4.80. The minimum Gasteiger partial charge on any atom is -0.496 e. The van der Waals surface area contributed by atoms with E-state index in [1.165, 1.54) is 33.5 Å². The Labute approximate surface area is 144 Å². The van der Waals surface area contributed by atoms with Gasteiger partial charge in [0.2, 0.25) is 0 Å². The topological polar surface area (TPSA) is 54.0 Å². The number of carbonyl (C=O) groups excluding carboxylic acids is 1. The van der Waals surface area contributed by atoms with Gasteiger partial charge in [-0.3, -0.25) is 0 Å². The zero-order valence-corrected chi connectivity index (χ0v) is 14.3. The third-order valence-electron chi connectivity index (χ3n) is 3.52. The maximum absolute atomic E-state index is 14.6. The van der Waals surface area contributed by atoms with Crippen molar-refractivity contribution in [3.63, 3.8) is 0 Å². The van der Waals surface area contributed by atoms with Gasteiger partial charge in [-0.15, -0.1) is 0 Å². The standard InChI is InChI=1S/C18H18F2O5/c1-5-25-18(21)10-6-12(19)16(13(20)7-10)17-14(23-3)8-11(22-2)9-15(17)24-4/h6-9H,5H2,1-4H3. The van der Waals surface area contributed by atoms with Crippen molar-refractivity contribution in [1.29, 1.82) is 0 Å². The molecular weight excluding hydrogens is 334 g/mol. The molecule has 0 aliphatic carbocycles. The summed E-state index contributed by atoms with van der Waals surface area (Å²) in [7, 11) is 4.17. The lowest BCUT2D eigenvalue weighted by Crippen LogP contribution is -2.07. The molecule has 0 amide bonds. The van der Waals surface area contributed by atoms with Crippen molar-refractivity contribution >= 4 is 5.97 Å². The molecule has 0 saturated carbocycles. The van der Waals surface area contributed by atoms with Crippen molar-refractivity contribution in [3.8, 4) is 28.4 Å². The van der Waals surface area contributed by atoms with Gasteiger partial charge in [0, 0.05) is 12.1 Å². The summed E-state index contributed by atoms with van der Waals surface area (Å²) in [5.41, 5.74) is -0.507. The molecule has 0 fully saturated rings. The van der Waals surface area contributed by atoms with Crippen LogP contribution in [0.5, 0.6) is 17.2 Å². The zero-order valence-electron chi connectivity index (χ0n) is 14.3. The smallest absolute Gasteiger partial charge is 0.338 e. The van der Waals surface area contributed by atoms with Crippen LogP contribution in [0.25, 0.3) is 11.1 Å². The highest BCUT2D eigenvalue weighted by Gasteiger charge is 2.24. The minimum absolute atomic E-state index is 0.0798. The molecule has 134 valence electrons. The van der Waals surface area contributed by atoms with Gasteiger partial charge >= 0.3 is 5.97 Å². The lowest BCUT2D eigenvalue weighted by Gasteiger charge is -2.16. The summed E-state index contributed by atoms with van der Waals surface area (Å²) in [5, 5.41) is 0. The molecule has 25 heavy (non-hydrogen) atoms. The van der Waals surface area contributed by atoms with E-state index in [9.17, 15) is 13.6 Å². The largest absolute Gasteiger partial charge is 0.496 e. The van der Waals surface area contributed by atoms with E-state index in [2.05, 4.69) is 0 Å². The van der Waals surface area contributed by atoms with E-state index in [1.54, 1.807) is 6.92 Å². The number of carbonyl (C=O) groups is 1. The Morgan fingerprint density at radius 2 is 1.40 bits per heavy atom. The molecule has 0 saturated heterocycles. The lowest BCUT2D eigenvalue weighted by atomic mass is 9.99. The van der Waals surface area contributed by atoms with Crippen molar-refractivity contribution in [1.82, 2.24) is 0 Å². The molecule has 2 aromatic rings. The highest BCUT2D eigenvalue weighted by molar-refractivity contribution is 5.91. The van der Waals surface area contributed by atoms with E-state index in [-0.39, 0.29) is 34.8 Å². The van der Waals surface area contributed by atoms with Crippen LogP contribution < -0.4 is 14.2 Å². The molecule has 0 N–H and O–H groups in total. The van der Waals surface area contributed by atoms with Gasteiger partial charge < -0.3 is 18.9 Å². The van der Waals surface area contributed by atoms with E-state index < -0.39 is 17.6 Å². The maximum Gasteiger partial charge on any atom is 0.338 e. The highest BCUT2D eigenvalue weighted by atomic mass is 19.1. The third kappa shape index (κ3) is 3.65. The summed E-state index contributed by atoms with van der Waals surface area (Å²) in [6.07, 6.45) is 0. The molecule has 0 bridgehead atoms. The summed E-state index contributed by atoms with van der Waals surface area (Å²) in [6.45, 7) is 1.70. The quantitative estimate of drug-likeness (QED) is 0.740. The number of ether oxygens (including phenoxy) is 4. The first kappa shape index (κ1) is 18.5. The first-order valence-electron chi connectivity index (χ1n) is 7.43. The van der Waals surface area contributed by atoms with Gasteiger partial charge in [-0.2, -0.15) is 0 Å². The lowest BCUT2D eigenvalue weighted by molar-refractivity contribution is 0.0525. The fourth-order valence-electron chi connectivity index (χ4n) is 2.40. The monoisotopic (exact) mass is 352 g/mol. The Hall–Kier alpha value is -2.83. The van der Waals surface area contributed by atoms with E-state index in [4.69, 9.17) is 18.9 Å². The van der Waals surface area contributed by atoms with Crippen LogP contribution in [0.15, 0.2) is 24.3 Å². The van der Waals surface area contributed by atoms with E-state index >= 15 is 0 Å². The maximum atomic E-state index is 14.6. The predicted octanol–water partition coefficient (Wildman–Crippen LogP) is 3.83. The minimum atomic E-state index is -0.940. The fourth-order valence-corrected chi connectivity index (χ4v) is 2.40. The van der Waals surface area contributed by atoms with Gasteiger partial charge in [0.15, 0.2) is 0 Å². The zero-order chi connectivity index (χ0) is 18.6. The van der Waals surface area contributed by atoms with Crippen molar-refractivity contribution < 1.29 is 32.5 Å². The van der Waals surface area contributed by atoms with Gasteiger partial charge in [0.05, 0.1) is 44.6 Å². The second kappa shape index (κ2) is 7.83. The molecular formula is C18H18F2O5. The molecule has 7 heteroatoms. The van der Waals surface area contributed by atoms with Crippen molar-refractivity contribution in [3.05, 3.63) is 41.5 Å². The van der Waals surface area contributed by atoms with Crippen LogP contribution in [-0.2, 0) is 4.74 Å². The normalized spacial score (nSPS) is 10.3. The number of esters is 1. The van der Waals surface area contributed by atoms with Crippen LogP contribution in [0.1, 0.15) is 17.3 Å². The van der Waals surface area contributed by atoms with Crippen LogP contribution in [0.3, 0.4) is 0 Å². The molecule has 0 aliphatic rings. The summed E-state index contributed by atoms with van der Waals surface area (Å²) < 4.78 is 49.6. The molecule has 0 aliphatic heterocycles. The number of hydrogen-bond donors (Lipinski definition) is 0. The predicted molar refractivity (Wildman–Crippen MR) is 87.4 cm³/mol. The number of methoxy groups -OCH3 is 3. The number of benzene rings is 2. The SMILES string of the molecule is CCOC(=O)c1cc(F)c(-c2c(OC)cc(OC)cc2OC)c(F)c1. The Morgan fingerprint density at radius 3 is 1.80 bits per heavy atom. The molecule has 0 heterocycles. The van der Waals surface area contributed by atoms with Gasteiger partial charge in [-0.1, -0.05) is 0 Å². The van der Waals surface area contributed by atoms with Gasteiger partial charge in [0.1, 0.15) is 28.9 Å². The van der Waals surface area contributed by atoms with Crippen LogP contribution >= 0.6 is 0 Å². The second-order valence-corrected chi connectivity index (χ2v) is 4.94. The molecule has 0 aromatic heterocycles. The van der Waals surface area contributed by atoms with Crippen molar-refractivity contribution in [2.45, 2.75) is 6.92 Å². The summed E-state index contributed by atoms with van der Waals surface area (Å²) >= 11 is 0. The summed E-state index contributed by atoms with van der Waals surface area (Å²) in [4.78, 5) is 11.7.